The molecule has 12 heavy (non-hydrogen) atoms. The molecular weight excluding hydrogens is 232 g/mol. The number of phenolic OH excluding ortho intramolecular Hbond substituents is 1. The third-order valence-corrected chi connectivity index (χ3v) is 2.48. The van der Waals surface area contributed by atoms with Gasteiger partial charge in [-0.3, -0.25) is 0 Å². The van der Waals surface area contributed by atoms with Crippen molar-refractivity contribution < 1.29 is 13.9 Å². The lowest BCUT2D eigenvalue weighted by Crippen LogP contribution is -1.88. The van der Waals surface area contributed by atoms with E-state index in [0.29, 0.717) is 0 Å². The van der Waals surface area contributed by atoms with Gasteiger partial charge in [-0.1, -0.05) is 34.8 Å². The lowest BCUT2D eigenvalue weighted by molar-refractivity contribution is 0.407. The third-order valence-electron chi connectivity index (χ3n) is 1.19. The predicted octanol–water partition coefficient (Wildman–Crippen LogP) is 3.63. The van der Waals surface area contributed by atoms with Crippen LogP contribution in [0.1, 0.15) is 0 Å². The molecule has 0 aromatic heterocycles. The van der Waals surface area contributed by atoms with Gasteiger partial charge in [-0.25, -0.2) is 4.39 Å². The molecule has 0 aliphatic rings. The number of halogens is 5. The summed E-state index contributed by atoms with van der Waals surface area (Å²) in [6, 6.07) is 0. The molecule has 66 valence electrons. The molecule has 1 nitrogen and oxygen atoms in total. The summed E-state index contributed by atoms with van der Waals surface area (Å²) in [6.45, 7) is 0. The van der Waals surface area contributed by atoms with Crippen LogP contribution >= 0.6 is 34.8 Å². The maximum Gasteiger partial charge on any atom is 0.203 e. The molecular formula is C6HCl3F2O. The Labute approximate surface area is 81.5 Å². The van der Waals surface area contributed by atoms with Crippen molar-refractivity contribution in [1.29, 1.82) is 0 Å². The Kier molecular flexibility index (Phi) is 2.66. The second-order valence-electron chi connectivity index (χ2n) is 1.92. The highest BCUT2D eigenvalue weighted by atomic mass is 35.5. The minimum Gasteiger partial charge on any atom is -0.504 e. The standard InChI is InChI=1S/C6HCl3F2O/c7-1-2(8)4(10)5(11)6(12)3(1)9/h12H. The molecule has 0 heterocycles. The van der Waals surface area contributed by atoms with Crippen molar-refractivity contribution in [2.75, 3.05) is 0 Å². The molecule has 0 radical (unpaired) electrons. The average molecular weight is 233 g/mol. The highest BCUT2D eigenvalue weighted by Crippen LogP contribution is 2.40. The van der Waals surface area contributed by atoms with E-state index in [2.05, 4.69) is 0 Å². The largest absolute Gasteiger partial charge is 0.504 e. The number of benzene rings is 1. The Morgan fingerprint density at radius 2 is 1.33 bits per heavy atom. The van der Waals surface area contributed by atoms with Crippen LogP contribution in [0.3, 0.4) is 0 Å². The van der Waals surface area contributed by atoms with Crippen molar-refractivity contribution in [2.24, 2.45) is 0 Å². The molecule has 0 fully saturated rings. The van der Waals surface area contributed by atoms with Gasteiger partial charge in [-0.15, -0.1) is 0 Å². The molecule has 0 saturated heterocycles. The molecule has 6 heteroatoms. The van der Waals surface area contributed by atoms with Crippen LogP contribution in [-0.2, 0) is 0 Å². The first kappa shape index (κ1) is 9.84. The first-order valence-electron chi connectivity index (χ1n) is 2.67. The molecule has 0 aliphatic carbocycles. The molecule has 0 unspecified atom stereocenters. The minimum atomic E-state index is -1.51. The molecule has 1 rings (SSSR count). The van der Waals surface area contributed by atoms with Crippen molar-refractivity contribution in [1.82, 2.24) is 0 Å². The zero-order chi connectivity index (χ0) is 9.46. The van der Waals surface area contributed by atoms with Crippen molar-refractivity contribution in [3.05, 3.63) is 26.7 Å². The molecule has 0 atom stereocenters. The van der Waals surface area contributed by atoms with E-state index in [1.165, 1.54) is 0 Å². The molecule has 0 amide bonds. The number of hydrogen-bond donors (Lipinski definition) is 1. The minimum absolute atomic E-state index is 0.408. The van der Waals surface area contributed by atoms with Crippen molar-refractivity contribution in [3.63, 3.8) is 0 Å². The zero-order valence-electron chi connectivity index (χ0n) is 5.34. The summed E-state index contributed by atoms with van der Waals surface area (Å²) < 4.78 is 25.2. The van der Waals surface area contributed by atoms with Crippen molar-refractivity contribution >= 4 is 34.8 Å². The number of rotatable bonds is 0. The fourth-order valence-electron chi connectivity index (χ4n) is 0.593. The Morgan fingerprint density at radius 3 is 1.83 bits per heavy atom. The van der Waals surface area contributed by atoms with E-state index in [-0.39, 0.29) is 0 Å². The number of hydrogen-bond acceptors (Lipinski definition) is 1. The monoisotopic (exact) mass is 232 g/mol. The van der Waals surface area contributed by atoms with Crippen LogP contribution in [0.15, 0.2) is 0 Å². The van der Waals surface area contributed by atoms with Crippen molar-refractivity contribution in [2.45, 2.75) is 0 Å². The third kappa shape index (κ3) is 1.32. The van der Waals surface area contributed by atoms with E-state index in [4.69, 9.17) is 39.9 Å². The predicted molar refractivity (Wildman–Crippen MR) is 43.1 cm³/mol. The van der Waals surface area contributed by atoms with Gasteiger partial charge in [0.05, 0.1) is 10.0 Å². The molecule has 0 bridgehead atoms. The van der Waals surface area contributed by atoms with Crippen LogP contribution in [0.4, 0.5) is 8.78 Å². The maximum absolute atomic E-state index is 12.6. The SMILES string of the molecule is Oc1c(F)c(F)c(Cl)c(Cl)c1Cl. The molecule has 0 aliphatic heterocycles. The van der Waals surface area contributed by atoms with Gasteiger partial charge in [0.15, 0.2) is 11.6 Å². The van der Waals surface area contributed by atoms with Crippen LogP contribution in [-0.4, -0.2) is 5.11 Å². The molecule has 0 spiro atoms. The highest BCUT2D eigenvalue weighted by molar-refractivity contribution is 6.48. The van der Waals surface area contributed by atoms with E-state index in [0.717, 1.165) is 0 Å². The van der Waals surface area contributed by atoms with Crippen LogP contribution in [0.25, 0.3) is 0 Å². The Bertz CT molecular complexity index is 235. The first-order valence-corrected chi connectivity index (χ1v) is 3.80. The topological polar surface area (TPSA) is 20.2 Å². The van der Waals surface area contributed by atoms with Gasteiger partial charge in [0.25, 0.3) is 0 Å². The Morgan fingerprint density at radius 1 is 0.833 bits per heavy atom. The van der Waals surface area contributed by atoms with E-state index < -0.39 is 32.5 Å². The van der Waals surface area contributed by atoms with Crippen LogP contribution in [0, 0.1) is 11.6 Å². The fourth-order valence-corrected chi connectivity index (χ4v) is 1.17. The van der Waals surface area contributed by atoms with Gasteiger partial charge in [0.2, 0.25) is 5.82 Å². The van der Waals surface area contributed by atoms with E-state index in [1.54, 1.807) is 0 Å². The van der Waals surface area contributed by atoms with Crippen LogP contribution in [0.2, 0.25) is 15.1 Å². The van der Waals surface area contributed by atoms with Gasteiger partial charge in [-0.2, -0.15) is 4.39 Å². The normalized spacial score (nSPS) is 10.4. The summed E-state index contributed by atoms with van der Waals surface area (Å²) in [5, 5.41) is 7.25. The second kappa shape index (κ2) is 3.24. The van der Waals surface area contributed by atoms with E-state index in [1.807, 2.05) is 0 Å². The lowest BCUT2D eigenvalue weighted by Gasteiger charge is -2.04. The number of phenols is 1. The summed E-state index contributed by atoms with van der Waals surface area (Å²) in [7, 11) is 0. The Balaban J connectivity index is 3.60. The summed E-state index contributed by atoms with van der Waals surface area (Å²) >= 11 is 15.8. The smallest absolute Gasteiger partial charge is 0.203 e. The van der Waals surface area contributed by atoms with Gasteiger partial charge >= 0.3 is 0 Å². The Hall–Kier alpha value is -0.250. The maximum atomic E-state index is 12.6. The van der Waals surface area contributed by atoms with E-state index in [9.17, 15) is 8.78 Å². The van der Waals surface area contributed by atoms with Crippen LogP contribution in [0.5, 0.6) is 5.75 Å². The molecule has 1 aromatic carbocycles. The number of aromatic hydroxyl groups is 1. The summed E-state index contributed by atoms with van der Waals surface area (Å²) in [4.78, 5) is 0. The fraction of sp³-hybridized carbons (Fsp3) is 0. The molecule has 1 aromatic rings. The summed E-state index contributed by atoms with van der Waals surface area (Å²) in [5.74, 6) is -3.96. The highest BCUT2D eigenvalue weighted by Gasteiger charge is 2.20. The van der Waals surface area contributed by atoms with Gasteiger partial charge in [-0.05, 0) is 0 Å². The summed E-state index contributed by atoms with van der Waals surface area (Å²) in [6.07, 6.45) is 0. The van der Waals surface area contributed by atoms with E-state index >= 15 is 0 Å². The lowest BCUT2D eigenvalue weighted by atomic mass is 10.3. The van der Waals surface area contributed by atoms with Crippen molar-refractivity contribution in [3.8, 4) is 5.75 Å². The first-order chi connectivity index (χ1) is 5.46. The zero-order valence-corrected chi connectivity index (χ0v) is 7.60. The summed E-state index contributed by atoms with van der Waals surface area (Å²) in [5.41, 5.74) is 0. The van der Waals surface area contributed by atoms with Crippen LogP contribution < -0.4 is 0 Å². The molecule has 0 saturated carbocycles. The van der Waals surface area contributed by atoms with Gasteiger partial charge in [0, 0.05) is 0 Å². The average Bonchev–Trinajstić information content (AvgIpc) is 2.08. The van der Waals surface area contributed by atoms with Gasteiger partial charge in [0.1, 0.15) is 5.02 Å². The second-order valence-corrected chi connectivity index (χ2v) is 3.05. The quantitative estimate of drug-likeness (QED) is 0.536. The molecule has 1 N–H and O–H groups in total. The van der Waals surface area contributed by atoms with Gasteiger partial charge < -0.3 is 5.11 Å².